The van der Waals surface area contributed by atoms with Crippen LogP contribution < -0.4 is 0 Å². The first-order valence-electron chi connectivity index (χ1n) is 5.20. The molecule has 0 atom stereocenters. The summed E-state index contributed by atoms with van der Waals surface area (Å²) in [7, 11) is 0. The molecular weight excluding hydrogens is 296 g/mol. The fourth-order valence-corrected chi connectivity index (χ4v) is 3.34. The smallest absolute Gasteiger partial charge is 0.116 e. The van der Waals surface area contributed by atoms with Crippen molar-refractivity contribution in [3.63, 3.8) is 0 Å². The Morgan fingerprint density at radius 1 is 1.12 bits per heavy atom. The van der Waals surface area contributed by atoms with Gasteiger partial charge >= 0.3 is 0 Å². The Morgan fingerprint density at radius 3 is 2.65 bits per heavy atom. The molecule has 84 valence electrons. The number of benzene rings is 1. The summed E-state index contributed by atoms with van der Waals surface area (Å²) in [5.41, 5.74) is 4.38. The zero-order valence-electron chi connectivity index (χ0n) is 9.14. The monoisotopic (exact) mass is 304 g/mol. The predicted molar refractivity (Wildman–Crippen MR) is 75.3 cm³/mol. The van der Waals surface area contributed by atoms with Crippen LogP contribution in [0.15, 0.2) is 40.4 Å². The molecule has 4 heteroatoms. The van der Waals surface area contributed by atoms with E-state index in [1.165, 1.54) is 5.56 Å². The number of rotatable bonds is 1. The molecule has 0 aliphatic carbocycles. The number of nitrogens with zero attached hydrogens (tertiary/aromatic N) is 2. The van der Waals surface area contributed by atoms with Crippen LogP contribution in [0.3, 0.4) is 0 Å². The van der Waals surface area contributed by atoms with Crippen LogP contribution in [0.5, 0.6) is 0 Å². The lowest BCUT2D eigenvalue weighted by atomic mass is 10.1. The summed E-state index contributed by atoms with van der Waals surface area (Å²) in [5.74, 6) is 0. The second-order valence-electron chi connectivity index (χ2n) is 3.85. The summed E-state index contributed by atoms with van der Waals surface area (Å²) in [4.78, 5) is 8.70. The van der Waals surface area contributed by atoms with E-state index in [0.717, 1.165) is 25.9 Å². The maximum Gasteiger partial charge on any atom is 0.116 e. The van der Waals surface area contributed by atoms with Gasteiger partial charge in [0.25, 0.3) is 0 Å². The number of thiophene rings is 1. The van der Waals surface area contributed by atoms with Crippen LogP contribution in [0.25, 0.3) is 21.5 Å². The maximum atomic E-state index is 4.40. The van der Waals surface area contributed by atoms with Crippen LogP contribution in [0.4, 0.5) is 0 Å². The lowest BCUT2D eigenvalue weighted by Gasteiger charge is -2.02. The highest BCUT2D eigenvalue weighted by atomic mass is 79.9. The second-order valence-corrected chi connectivity index (χ2v) is 5.58. The SMILES string of the molecule is Cc1ccc(-c2ncnc3c(Br)csc23)cc1. The van der Waals surface area contributed by atoms with E-state index in [-0.39, 0.29) is 0 Å². The molecule has 0 aliphatic rings. The summed E-state index contributed by atoms with van der Waals surface area (Å²) in [6.07, 6.45) is 1.62. The molecule has 0 amide bonds. The Hall–Kier alpha value is -1.26. The van der Waals surface area contributed by atoms with Gasteiger partial charge in [-0.3, -0.25) is 0 Å². The minimum Gasteiger partial charge on any atom is -0.235 e. The molecule has 0 radical (unpaired) electrons. The molecule has 0 spiro atoms. The van der Waals surface area contributed by atoms with Crippen molar-refractivity contribution in [1.29, 1.82) is 0 Å². The zero-order chi connectivity index (χ0) is 11.8. The molecule has 1 aromatic carbocycles. The minimum atomic E-state index is 0.987. The van der Waals surface area contributed by atoms with E-state index in [1.807, 2.05) is 0 Å². The molecule has 0 unspecified atom stereocenters. The first-order chi connectivity index (χ1) is 8.25. The molecule has 0 aliphatic heterocycles. The minimum absolute atomic E-state index is 0.987. The first kappa shape index (κ1) is 10.9. The van der Waals surface area contributed by atoms with E-state index < -0.39 is 0 Å². The Kier molecular flexibility index (Phi) is 2.68. The number of hydrogen-bond acceptors (Lipinski definition) is 3. The molecule has 3 rings (SSSR count). The molecule has 2 heterocycles. The lowest BCUT2D eigenvalue weighted by Crippen LogP contribution is -1.86. The predicted octanol–water partition coefficient (Wildman–Crippen LogP) is 4.43. The molecule has 0 saturated carbocycles. The van der Waals surface area contributed by atoms with Gasteiger partial charge in [0.05, 0.1) is 20.4 Å². The number of fused-ring (bicyclic) bond motifs is 1. The van der Waals surface area contributed by atoms with Crippen LogP contribution in [0.1, 0.15) is 5.56 Å². The third-order valence-corrected chi connectivity index (χ3v) is 4.52. The average molecular weight is 305 g/mol. The van der Waals surface area contributed by atoms with Gasteiger partial charge in [0.1, 0.15) is 6.33 Å². The quantitative estimate of drug-likeness (QED) is 0.664. The van der Waals surface area contributed by atoms with Crippen molar-refractivity contribution in [2.75, 3.05) is 0 Å². The Balaban J connectivity index is 2.26. The summed E-state index contributed by atoms with van der Waals surface area (Å²) < 4.78 is 2.16. The Labute approximate surface area is 111 Å². The van der Waals surface area contributed by atoms with Crippen LogP contribution in [0.2, 0.25) is 0 Å². The number of hydrogen-bond donors (Lipinski definition) is 0. The van der Waals surface area contributed by atoms with E-state index in [9.17, 15) is 0 Å². The van der Waals surface area contributed by atoms with Gasteiger partial charge in [-0.1, -0.05) is 29.8 Å². The first-order valence-corrected chi connectivity index (χ1v) is 6.88. The van der Waals surface area contributed by atoms with E-state index in [1.54, 1.807) is 17.7 Å². The number of aromatic nitrogens is 2. The third kappa shape index (κ3) is 1.87. The number of halogens is 1. The van der Waals surface area contributed by atoms with E-state index in [2.05, 4.69) is 62.5 Å². The highest BCUT2D eigenvalue weighted by Gasteiger charge is 2.10. The molecule has 2 aromatic heterocycles. The van der Waals surface area contributed by atoms with Gasteiger partial charge in [-0.25, -0.2) is 9.97 Å². The van der Waals surface area contributed by atoms with Crippen molar-refractivity contribution in [2.24, 2.45) is 0 Å². The van der Waals surface area contributed by atoms with E-state index in [0.29, 0.717) is 0 Å². The number of aryl methyl sites for hydroxylation is 1. The molecule has 3 aromatic rings. The summed E-state index contributed by atoms with van der Waals surface area (Å²) >= 11 is 5.17. The van der Waals surface area contributed by atoms with Gasteiger partial charge in [0.2, 0.25) is 0 Å². The Bertz CT molecular complexity index is 673. The summed E-state index contributed by atoms with van der Waals surface area (Å²) in [5, 5.41) is 2.05. The molecule has 0 N–H and O–H groups in total. The fourth-order valence-electron chi connectivity index (χ4n) is 1.74. The highest BCUT2D eigenvalue weighted by Crippen LogP contribution is 2.34. The topological polar surface area (TPSA) is 25.8 Å². The van der Waals surface area contributed by atoms with Crippen molar-refractivity contribution in [3.8, 4) is 11.3 Å². The van der Waals surface area contributed by atoms with Gasteiger partial charge in [-0.2, -0.15) is 0 Å². The van der Waals surface area contributed by atoms with Gasteiger partial charge in [-0.15, -0.1) is 11.3 Å². The lowest BCUT2D eigenvalue weighted by molar-refractivity contribution is 1.23. The van der Waals surface area contributed by atoms with Crippen molar-refractivity contribution in [3.05, 3.63) is 46.0 Å². The van der Waals surface area contributed by atoms with Crippen LogP contribution in [-0.2, 0) is 0 Å². The van der Waals surface area contributed by atoms with Crippen molar-refractivity contribution >= 4 is 37.5 Å². The van der Waals surface area contributed by atoms with Crippen molar-refractivity contribution in [1.82, 2.24) is 9.97 Å². The van der Waals surface area contributed by atoms with E-state index >= 15 is 0 Å². The van der Waals surface area contributed by atoms with Gasteiger partial charge in [0.15, 0.2) is 0 Å². The zero-order valence-corrected chi connectivity index (χ0v) is 11.5. The molecule has 0 bridgehead atoms. The van der Waals surface area contributed by atoms with Gasteiger partial charge < -0.3 is 0 Å². The van der Waals surface area contributed by atoms with Crippen molar-refractivity contribution < 1.29 is 0 Å². The van der Waals surface area contributed by atoms with E-state index in [4.69, 9.17) is 0 Å². The molecule has 2 nitrogen and oxygen atoms in total. The maximum absolute atomic E-state index is 4.40. The second kappa shape index (κ2) is 4.20. The molecule has 0 fully saturated rings. The van der Waals surface area contributed by atoms with Crippen LogP contribution in [-0.4, -0.2) is 9.97 Å². The van der Waals surface area contributed by atoms with Crippen LogP contribution in [0, 0.1) is 6.92 Å². The normalized spacial score (nSPS) is 10.9. The highest BCUT2D eigenvalue weighted by molar-refractivity contribution is 9.10. The Morgan fingerprint density at radius 2 is 1.88 bits per heavy atom. The average Bonchev–Trinajstić information content (AvgIpc) is 2.73. The van der Waals surface area contributed by atoms with Crippen LogP contribution >= 0.6 is 27.3 Å². The van der Waals surface area contributed by atoms with Crippen molar-refractivity contribution in [2.45, 2.75) is 6.92 Å². The standard InChI is InChI=1S/C13H9BrN2S/c1-8-2-4-9(5-3-8)11-13-12(16-7-15-11)10(14)6-17-13/h2-7H,1H3. The summed E-state index contributed by atoms with van der Waals surface area (Å²) in [6, 6.07) is 8.41. The third-order valence-electron chi connectivity index (χ3n) is 2.64. The largest absolute Gasteiger partial charge is 0.235 e. The van der Waals surface area contributed by atoms with Gasteiger partial charge in [-0.05, 0) is 22.9 Å². The molecule has 17 heavy (non-hydrogen) atoms. The molecular formula is C13H9BrN2S. The fraction of sp³-hybridized carbons (Fsp3) is 0.0769. The van der Waals surface area contributed by atoms with Gasteiger partial charge in [0, 0.05) is 10.9 Å². The molecule has 0 saturated heterocycles. The summed E-state index contributed by atoms with van der Waals surface area (Å²) in [6.45, 7) is 2.08.